The van der Waals surface area contributed by atoms with Crippen LogP contribution in [0.25, 0.3) is 0 Å². The second kappa shape index (κ2) is 4.80. The SMILES string of the molecule is CC(C)(C)c1cc(OC(=O)c2ccco2)ccc1O. The highest BCUT2D eigenvalue weighted by molar-refractivity contribution is 5.88. The quantitative estimate of drug-likeness (QED) is 0.663. The molecule has 0 atom stereocenters. The van der Waals surface area contributed by atoms with E-state index in [1.165, 1.54) is 18.4 Å². The van der Waals surface area contributed by atoms with Crippen molar-refractivity contribution >= 4 is 5.97 Å². The third kappa shape index (κ3) is 2.96. The molecule has 0 aliphatic rings. The van der Waals surface area contributed by atoms with Crippen molar-refractivity contribution in [3.63, 3.8) is 0 Å². The first-order chi connectivity index (χ1) is 8.88. The first-order valence-electron chi connectivity index (χ1n) is 5.97. The van der Waals surface area contributed by atoms with Gasteiger partial charge >= 0.3 is 5.97 Å². The summed E-state index contributed by atoms with van der Waals surface area (Å²) in [6, 6.07) is 7.88. The van der Waals surface area contributed by atoms with Crippen molar-refractivity contribution in [2.24, 2.45) is 0 Å². The van der Waals surface area contributed by atoms with E-state index in [1.54, 1.807) is 18.2 Å². The van der Waals surface area contributed by atoms with Crippen LogP contribution < -0.4 is 4.74 Å². The highest BCUT2D eigenvalue weighted by atomic mass is 16.5. The summed E-state index contributed by atoms with van der Waals surface area (Å²) in [6.45, 7) is 5.92. The van der Waals surface area contributed by atoms with Crippen molar-refractivity contribution in [1.82, 2.24) is 0 Å². The molecule has 0 amide bonds. The lowest BCUT2D eigenvalue weighted by molar-refractivity contribution is 0.0701. The number of benzene rings is 1. The van der Waals surface area contributed by atoms with E-state index in [0.29, 0.717) is 5.75 Å². The van der Waals surface area contributed by atoms with E-state index in [4.69, 9.17) is 9.15 Å². The Morgan fingerprint density at radius 2 is 2.00 bits per heavy atom. The topological polar surface area (TPSA) is 59.7 Å². The van der Waals surface area contributed by atoms with E-state index >= 15 is 0 Å². The van der Waals surface area contributed by atoms with Gasteiger partial charge in [-0.2, -0.15) is 0 Å². The van der Waals surface area contributed by atoms with Crippen molar-refractivity contribution < 1.29 is 19.1 Å². The average molecular weight is 260 g/mol. The lowest BCUT2D eigenvalue weighted by Crippen LogP contribution is -2.13. The molecular formula is C15H16O4. The standard InChI is InChI=1S/C15H16O4/c1-15(2,3)11-9-10(6-7-12(11)16)19-14(17)13-5-4-8-18-13/h4-9,16H,1-3H3. The second-order valence-electron chi connectivity index (χ2n) is 5.30. The first-order valence-corrected chi connectivity index (χ1v) is 5.97. The minimum Gasteiger partial charge on any atom is -0.508 e. The number of rotatable bonds is 2. The molecule has 0 radical (unpaired) electrons. The number of phenols is 1. The maximum absolute atomic E-state index is 11.7. The van der Waals surface area contributed by atoms with Crippen molar-refractivity contribution in [3.8, 4) is 11.5 Å². The Hall–Kier alpha value is -2.23. The number of hydrogen-bond acceptors (Lipinski definition) is 4. The predicted molar refractivity (Wildman–Crippen MR) is 70.5 cm³/mol. The zero-order valence-corrected chi connectivity index (χ0v) is 11.1. The van der Waals surface area contributed by atoms with Gasteiger partial charge in [-0.05, 0) is 35.7 Å². The summed E-state index contributed by atoms with van der Waals surface area (Å²) < 4.78 is 10.2. The van der Waals surface area contributed by atoms with Crippen LogP contribution in [-0.2, 0) is 5.41 Å². The Morgan fingerprint density at radius 3 is 2.58 bits per heavy atom. The van der Waals surface area contributed by atoms with Crippen LogP contribution in [0.4, 0.5) is 0 Å². The van der Waals surface area contributed by atoms with Gasteiger partial charge in [-0.25, -0.2) is 4.79 Å². The van der Waals surface area contributed by atoms with Crippen LogP contribution in [0.15, 0.2) is 41.0 Å². The number of carbonyl (C=O) groups is 1. The van der Waals surface area contributed by atoms with E-state index in [9.17, 15) is 9.90 Å². The summed E-state index contributed by atoms with van der Waals surface area (Å²) >= 11 is 0. The summed E-state index contributed by atoms with van der Waals surface area (Å²) in [7, 11) is 0. The molecule has 0 aliphatic heterocycles. The Labute approximate surface area is 111 Å². The van der Waals surface area contributed by atoms with E-state index in [0.717, 1.165) is 5.56 Å². The Bertz CT molecular complexity index is 577. The molecule has 0 fully saturated rings. The highest BCUT2D eigenvalue weighted by Gasteiger charge is 2.20. The Balaban J connectivity index is 2.25. The molecule has 1 aromatic heterocycles. The molecule has 0 spiro atoms. The summed E-state index contributed by atoms with van der Waals surface area (Å²) in [5.41, 5.74) is 0.481. The molecule has 1 aromatic carbocycles. The summed E-state index contributed by atoms with van der Waals surface area (Å²) in [6.07, 6.45) is 1.41. The van der Waals surface area contributed by atoms with Crippen LogP contribution >= 0.6 is 0 Å². The van der Waals surface area contributed by atoms with Crippen molar-refractivity contribution in [1.29, 1.82) is 0 Å². The lowest BCUT2D eigenvalue weighted by atomic mass is 9.86. The maximum Gasteiger partial charge on any atom is 0.379 e. The Morgan fingerprint density at radius 1 is 1.26 bits per heavy atom. The second-order valence-corrected chi connectivity index (χ2v) is 5.30. The van der Waals surface area contributed by atoms with Gasteiger partial charge in [0.25, 0.3) is 0 Å². The number of phenolic OH excluding ortho intramolecular Hbond substituents is 1. The third-order valence-electron chi connectivity index (χ3n) is 2.71. The van der Waals surface area contributed by atoms with Gasteiger partial charge in [-0.1, -0.05) is 20.8 Å². The number of esters is 1. The van der Waals surface area contributed by atoms with E-state index < -0.39 is 5.97 Å². The van der Waals surface area contributed by atoms with Crippen molar-refractivity contribution in [2.75, 3.05) is 0 Å². The monoisotopic (exact) mass is 260 g/mol. The van der Waals surface area contributed by atoms with Gasteiger partial charge in [-0.15, -0.1) is 0 Å². The Kier molecular flexibility index (Phi) is 3.34. The molecular weight excluding hydrogens is 244 g/mol. The fraction of sp³-hybridized carbons (Fsp3) is 0.267. The van der Waals surface area contributed by atoms with Crippen LogP contribution in [0, 0.1) is 0 Å². The lowest BCUT2D eigenvalue weighted by Gasteiger charge is -2.20. The molecule has 0 aliphatic carbocycles. The fourth-order valence-corrected chi connectivity index (χ4v) is 1.73. The van der Waals surface area contributed by atoms with Crippen LogP contribution in [0.3, 0.4) is 0 Å². The molecule has 1 N–H and O–H groups in total. The molecule has 2 rings (SSSR count). The highest BCUT2D eigenvalue weighted by Crippen LogP contribution is 2.33. The molecule has 2 aromatic rings. The number of carbonyl (C=O) groups excluding carboxylic acids is 1. The largest absolute Gasteiger partial charge is 0.508 e. The van der Waals surface area contributed by atoms with Crippen LogP contribution in [0.1, 0.15) is 36.9 Å². The predicted octanol–water partition coefficient (Wildman–Crippen LogP) is 3.50. The maximum atomic E-state index is 11.7. The zero-order valence-electron chi connectivity index (χ0n) is 11.1. The number of hydrogen-bond donors (Lipinski definition) is 1. The molecule has 0 saturated carbocycles. The number of ether oxygens (including phenoxy) is 1. The van der Waals surface area contributed by atoms with E-state index in [2.05, 4.69) is 0 Å². The summed E-state index contributed by atoms with van der Waals surface area (Å²) in [5.74, 6) is 0.148. The number of furan rings is 1. The summed E-state index contributed by atoms with van der Waals surface area (Å²) in [5, 5.41) is 9.83. The number of aromatic hydroxyl groups is 1. The van der Waals surface area contributed by atoms with Gasteiger partial charge < -0.3 is 14.3 Å². The van der Waals surface area contributed by atoms with Crippen molar-refractivity contribution in [3.05, 3.63) is 47.9 Å². The molecule has 4 nitrogen and oxygen atoms in total. The minimum atomic E-state index is -0.560. The molecule has 100 valence electrons. The van der Waals surface area contributed by atoms with Gasteiger partial charge in [0.15, 0.2) is 0 Å². The van der Waals surface area contributed by atoms with E-state index in [-0.39, 0.29) is 16.9 Å². The van der Waals surface area contributed by atoms with Crippen LogP contribution in [0.2, 0.25) is 0 Å². The molecule has 19 heavy (non-hydrogen) atoms. The normalized spacial score (nSPS) is 11.3. The van der Waals surface area contributed by atoms with Gasteiger partial charge in [0.05, 0.1) is 6.26 Å². The van der Waals surface area contributed by atoms with Crippen LogP contribution in [0.5, 0.6) is 11.5 Å². The van der Waals surface area contributed by atoms with Gasteiger partial charge in [-0.3, -0.25) is 0 Å². The van der Waals surface area contributed by atoms with Gasteiger partial charge in [0.2, 0.25) is 5.76 Å². The molecule has 0 saturated heterocycles. The molecule has 0 unspecified atom stereocenters. The fourth-order valence-electron chi connectivity index (χ4n) is 1.73. The van der Waals surface area contributed by atoms with Gasteiger partial charge in [0.1, 0.15) is 11.5 Å². The summed E-state index contributed by atoms with van der Waals surface area (Å²) in [4.78, 5) is 11.7. The zero-order chi connectivity index (χ0) is 14.0. The first kappa shape index (κ1) is 13.2. The smallest absolute Gasteiger partial charge is 0.379 e. The molecule has 0 bridgehead atoms. The molecule has 4 heteroatoms. The average Bonchev–Trinajstić information content (AvgIpc) is 2.83. The van der Waals surface area contributed by atoms with Gasteiger partial charge in [0, 0.05) is 5.56 Å². The van der Waals surface area contributed by atoms with Crippen molar-refractivity contribution in [2.45, 2.75) is 26.2 Å². The van der Waals surface area contributed by atoms with Crippen LogP contribution in [-0.4, -0.2) is 11.1 Å². The van der Waals surface area contributed by atoms with E-state index in [1.807, 2.05) is 20.8 Å². The third-order valence-corrected chi connectivity index (χ3v) is 2.71. The minimum absolute atomic E-state index is 0.144. The molecule has 1 heterocycles.